The molecule has 0 aliphatic rings. The van der Waals surface area contributed by atoms with Crippen LogP contribution in [0.1, 0.15) is 32.5 Å². The van der Waals surface area contributed by atoms with Gasteiger partial charge in [0, 0.05) is 11.6 Å². The number of ether oxygens (including phenoxy) is 2. The largest absolute Gasteiger partial charge is 0.490 e. The molecule has 0 aliphatic heterocycles. The third kappa shape index (κ3) is 3.68. The van der Waals surface area contributed by atoms with E-state index in [1.807, 2.05) is 0 Å². The normalized spacial score (nSPS) is 12.3. The molecule has 0 fully saturated rings. The number of rotatable bonds is 5. The highest BCUT2D eigenvalue weighted by atomic mass is 19.1. The molecule has 1 unspecified atom stereocenters. The Hall–Kier alpha value is -1.65. The zero-order valence-electron chi connectivity index (χ0n) is 10.6. The van der Waals surface area contributed by atoms with Crippen LogP contribution < -0.4 is 4.74 Å². The Bertz CT molecular complexity index is 419. The number of hydrogen-bond donors (Lipinski definition) is 0. The van der Waals surface area contributed by atoms with E-state index in [0.29, 0.717) is 0 Å². The van der Waals surface area contributed by atoms with Gasteiger partial charge < -0.3 is 9.47 Å². The van der Waals surface area contributed by atoms with E-state index in [1.54, 1.807) is 20.8 Å². The molecule has 0 spiro atoms. The average molecular weight is 258 g/mol. The van der Waals surface area contributed by atoms with Crippen LogP contribution in [0.25, 0.3) is 0 Å². The van der Waals surface area contributed by atoms with Crippen LogP contribution in [0.5, 0.6) is 5.75 Å². The maximum absolute atomic E-state index is 13.9. The Morgan fingerprint density at radius 3 is 2.61 bits per heavy atom. The van der Waals surface area contributed by atoms with Crippen LogP contribution in [0.3, 0.4) is 0 Å². The third-order valence-electron chi connectivity index (χ3n) is 2.10. The first-order chi connectivity index (χ1) is 8.45. The van der Waals surface area contributed by atoms with Crippen LogP contribution in [0.2, 0.25) is 0 Å². The van der Waals surface area contributed by atoms with Crippen molar-refractivity contribution in [1.29, 1.82) is 0 Å². The second kappa shape index (κ2) is 6.33. The maximum Gasteiger partial charge on any atom is 0.345 e. The zero-order chi connectivity index (χ0) is 13.7. The molecule has 0 aliphatic carbocycles. The first kappa shape index (κ1) is 14.4. The molecule has 0 bridgehead atoms. The molecular weight excluding hydrogens is 242 g/mol. The van der Waals surface area contributed by atoms with E-state index in [0.717, 1.165) is 12.1 Å². The van der Waals surface area contributed by atoms with Crippen molar-refractivity contribution in [1.82, 2.24) is 0 Å². The van der Waals surface area contributed by atoms with Gasteiger partial charge in [0.2, 0.25) is 6.17 Å². The molecule has 1 aromatic carbocycles. The number of alkyl halides is 1. The van der Waals surface area contributed by atoms with Gasteiger partial charge in [-0.15, -0.1) is 0 Å². The Labute approximate surface area is 105 Å². The van der Waals surface area contributed by atoms with Gasteiger partial charge in [0.25, 0.3) is 0 Å². The highest BCUT2D eigenvalue weighted by Gasteiger charge is 2.25. The lowest BCUT2D eigenvalue weighted by Gasteiger charge is -2.16. The molecule has 1 atom stereocenters. The van der Waals surface area contributed by atoms with E-state index in [1.165, 1.54) is 6.07 Å². The Balaban J connectivity index is 3.02. The second-order valence-corrected chi connectivity index (χ2v) is 3.96. The van der Waals surface area contributed by atoms with E-state index >= 15 is 0 Å². The van der Waals surface area contributed by atoms with Gasteiger partial charge in [0.1, 0.15) is 11.6 Å². The molecule has 0 amide bonds. The fourth-order valence-corrected chi connectivity index (χ4v) is 1.42. The van der Waals surface area contributed by atoms with E-state index in [2.05, 4.69) is 4.74 Å². The number of carbonyl (C=O) groups excluding carboxylic acids is 1. The van der Waals surface area contributed by atoms with Crippen molar-refractivity contribution in [2.45, 2.75) is 33.0 Å². The summed E-state index contributed by atoms with van der Waals surface area (Å²) in [5.41, 5.74) is -0.0245. The summed E-state index contributed by atoms with van der Waals surface area (Å²) in [6, 6.07) is 3.32. The molecule has 3 nitrogen and oxygen atoms in total. The van der Waals surface area contributed by atoms with Crippen LogP contribution in [0.4, 0.5) is 8.78 Å². The fourth-order valence-electron chi connectivity index (χ4n) is 1.42. The summed E-state index contributed by atoms with van der Waals surface area (Å²) in [6.07, 6.45) is -2.22. The molecular formula is C13H16F2O3. The standard InChI is InChI=1S/C13H16F2O3/c1-4-17-13(16)12(15)10-6-5-9(14)7-11(10)18-8(2)3/h5-8,12H,4H2,1-3H3. The van der Waals surface area contributed by atoms with Gasteiger partial charge in [-0.25, -0.2) is 13.6 Å². The van der Waals surface area contributed by atoms with Gasteiger partial charge >= 0.3 is 5.97 Å². The van der Waals surface area contributed by atoms with Gasteiger partial charge in [0.05, 0.1) is 12.7 Å². The van der Waals surface area contributed by atoms with E-state index in [4.69, 9.17) is 4.74 Å². The quantitative estimate of drug-likeness (QED) is 0.761. The molecule has 0 heterocycles. The van der Waals surface area contributed by atoms with E-state index < -0.39 is 18.0 Å². The molecule has 1 aromatic rings. The van der Waals surface area contributed by atoms with Crippen LogP contribution in [0.15, 0.2) is 18.2 Å². The molecule has 0 saturated heterocycles. The maximum atomic E-state index is 13.9. The van der Waals surface area contributed by atoms with Crippen molar-refractivity contribution >= 4 is 5.97 Å². The minimum atomic E-state index is -1.97. The predicted octanol–water partition coefficient (Wildman–Crippen LogP) is 3.19. The van der Waals surface area contributed by atoms with E-state index in [9.17, 15) is 13.6 Å². The lowest BCUT2D eigenvalue weighted by atomic mass is 10.1. The van der Waals surface area contributed by atoms with Crippen molar-refractivity contribution < 1.29 is 23.0 Å². The summed E-state index contributed by atoms with van der Waals surface area (Å²) in [5, 5.41) is 0. The number of hydrogen-bond acceptors (Lipinski definition) is 3. The highest BCUT2D eigenvalue weighted by Crippen LogP contribution is 2.30. The van der Waals surface area contributed by atoms with Gasteiger partial charge in [-0.3, -0.25) is 0 Å². The Morgan fingerprint density at radius 2 is 2.06 bits per heavy atom. The van der Waals surface area contributed by atoms with Crippen LogP contribution in [0, 0.1) is 5.82 Å². The van der Waals surface area contributed by atoms with Gasteiger partial charge in [-0.1, -0.05) is 0 Å². The summed E-state index contributed by atoms with van der Waals surface area (Å²) >= 11 is 0. The molecule has 0 saturated carbocycles. The number of carbonyl (C=O) groups is 1. The molecule has 100 valence electrons. The van der Waals surface area contributed by atoms with Crippen molar-refractivity contribution in [3.05, 3.63) is 29.6 Å². The lowest BCUT2D eigenvalue weighted by Crippen LogP contribution is -2.15. The monoisotopic (exact) mass is 258 g/mol. The Kier molecular flexibility index (Phi) is 5.07. The average Bonchev–Trinajstić information content (AvgIpc) is 2.28. The topological polar surface area (TPSA) is 35.5 Å². The van der Waals surface area contributed by atoms with Gasteiger partial charge in [0.15, 0.2) is 0 Å². The van der Waals surface area contributed by atoms with Crippen molar-refractivity contribution in [3.63, 3.8) is 0 Å². The second-order valence-electron chi connectivity index (χ2n) is 3.96. The smallest absolute Gasteiger partial charge is 0.345 e. The zero-order valence-corrected chi connectivity index (χ0v) is 10.6. The molecule has 0 N–H and O–H groups in total. The summed E-state index contributed by atoms with van der Waals surface area (Å²) in [5.74, 6) is -1.53. The molecule has 5 heteroatoms. The first-order valence-electron chi connectivity index (χ1n) is 5.72. The fraction of sp³-hybridized carbons (Fsp3) is 0.462. The summed E-state index contributed by atoms with van der Waals surface area (Å²) in [7, 11) is 0. The molecule has 0 aromatic heterocycles. The molecule has 18 heavy (non-hydrogen) atoms. The van der Waals surface area contributed by atoms with Gasteiger partial charge in [-0.05, 0) is 32.9 Å². The van der Waals surface area contributed by atoms with Crippen molar-refractivity contribution in [2.75, 3.05) is 6.61 Å². The molecule has 0 radical (unpaired) electrons. The minimum Gasteiger partial charge on any atom is -0.490 e. The van der Waals surface area contributed by atoms with E-state index in [-0.39, 0.29) is 24.0 Å². The van der Waals surface area contributed by atoms with Crippen LogP contribution >= 0.6 is 0 Å². The van der Waals surface area contributed by atoms with Crippen LogP contribution in [-0.4, -0.2) is 18.7 Å². The SMILES string of the molecule is CCOC(=O)C(F)c1ccc(F)cc1OC(C)C. The lowest BCUT2D eigenvalue weighted by molar-refractivity contribution is -0.149. The first-order valence-corrected chi connectivity index (χ1v) is 5.72. The highest BCUT2D eigenvalue weighted by molar-refractivity contribution is 5.77. The van der Waals surface area contributed by atoms with Gasteiger partial charge in [-0.2, -0.15) is 0 Å². The predicted molar refractivity (Wildman–Crippen MR) is 62.6 cm³/mol. The molecule has 1 rings (SSSR count). The number of esters is 1. The summed E-state index contributed by atoms with van der Waals surface area (Å²) < 4.78 is 36.8. The number of halogens is 2. The van der Waals surface area contributed by atoms with Crippen molar-refractivity contribution in [3.8, 4) is 5.75 Å². The van der Waals surface area contributed by atoms with Crippen molar-refractivity contribution in [2.24, 2.45) is 0 Å². The number of benzene rings is 1. The third-order valence-corrected chi connectivity index (χ3v) is 2.10. The summed E-state index contributed by atoms with van der Waals surface area (Å²) in [4.78, 5) is 11.3. The minimum absolute atomic E-state index is 0.0190. The summed E-state index contributed by atoms with van der Waals surface area (Å²) in [6.45, 7) is 5.13. The van der Waals surface area contributed by atoms with Crippen LogP contribution in [-0.2, 0) is 9.53 Å². The Morgan fingerprint density at radius 1 is 1.39 bits per heavy atom.